The molecule has 1 saturated carbocycles. The van der Waals surface area contributed by atoms with Gasteiger partial charge < -0.3 is 9.88 Å². The highest BCUT2D eigenvalue weighted by atomic mass is 19.1. The van der Waals surface area contributed by atoms with Crippen LogP contribution in [-0.2, 0) is 0 Å². The van der Waals surface area contributed by atoms with Crippen molar-refractivity contribution in [1.82, 2.24) is 30.0 Å². The van der Waals surface area contributed by atoms with E-state index in [2.05, 4.69) is 50.7 Å². The zero-order valence-electron chi connectivity index (χ0n) is 21.8. The van der Waals surface area contributed by atoms with Crippen molar-refractivity contribution >= 4 is 0 Å². The molecule has 192 valence electrons. The average Bonchev–Trinajstić information content (AvgIpc) is 3.36. The molecule has 4 heterocycles. The summed E-state index contributed by atoms with van der Waals surface area (Å²) < 4.78 is 16.0. The predicted octanol–water partition coefficient (Wildman–Crippen LogP) is 5.71. The fraction of sp³-hybridized carbons (Fsp3) is 0.750. The van der Waals surface area contributed by atoms with Gasteiger partial charge in [-0.2, -0.15) is 4.39 Å². The van der Waals surface area contributed by atoms with Crippen LogP contribution in [0.4, 0.5) is 4.39 Å². The van der Waals surface area contributed by atoms with Crippen molar-refractivity contribution in [2.24, 2.45) is 5.92 Å². The van der Waals surface area contributed by atoms with Gasteiger partial charge >= 0.3 is 0 Å². The van der Waals surface area contributed by atoms with Gasteiger partial charge in [0.2, 0.25) is 5.95 Å². The molecule has 2 saturated heterocycles. The maximum atomic E-state index is 13.5. The number of rotatable bonds is 9. The Bertz CT molecular complexity index is 937. The molecule has 2 unspecified atom stereocenters. The summed E-state index contributed by atoms with van der Waals surface area (Å²) in [5, 5.41) is 12.8. The van der Waals surface area contributed by atoms with Crippen LogP contribution in [0.25, 0.3) is 0 Å². The van der Waals surface area contributed by atoms with Gasteiger partial charge in [0.05, 0.1) is 0 Å². The van der Waals surface area contributed by atoms with Gasteiger partial charge in [-0.25, -0.2) is 4.98 Å². The Hall–Kier alpha value is -1.86. The van der Waals surface area contributed by atoms with Crippen LogP contribution in [0, 0.1) is 18.8 Å². The van der Waals surface area contributed by atoms with E-state index in [1.165, 1.54) is 63.9 Å². The molecule has 35 heavy (non-hydrogen) atoms. The molecule has 3 fully saturated rings. The molecular formula is C28H43FN6. The van der Waals surface area contributed by atoms with E-state index in [1.807, 2.05) is 6.07 Å². The highest BCUT2D eigenvalue weighted by molar-refractivity contribution is 5.15. The van der Waals surface area contributed by atoms with E-state index in [0.717, 1.165) is 42.6 Å². The molecule has 2 aliphatic heterocycles. The fourth-order valence-electron chi connectivity index (χ4n) is 7.01. The molecule has 2 aromatic rings. The third kappa shape index (κ3) is 5.61. The minimum Gasteiger partial charge on any atom is -0.312 e. The summed E-state index contributed by atoms with van der Waals surface area (Å²) >= 11 is 0. The summed E-state index contributed by atoms with van der Waals surface area (Å²) in [7, 11) is 0. The van der Waals surface area contributed by atoms with E-state index < -0.39 is 5.95 Å². The Kier molecular flexibility index (Phi) is 7.83. The first-order valence-electron chi connectivity index (χ1n) is 14.0. The average molecular weight is 483 g/mol. The van der Waals surface area contributed by atoms with Crippen molar-refractivity contribution in [2.45, 2.75) is 115 Å². The van der Waals surface area contributed by atoms with E-state index >= 15 is 0 Å². The van der Waals surface area contributed by atoms with Crippen LogP contribution in [0.1, 0.15) is 113 Å². The topological polar surface area (TPSA) is 58.9 Å². The fourth-order valence-corrected chi connectivity index (χ4v) is 7.01. The van der Waals surface area contributed by atoms with Crippen LogP contribution in [0.5, 0.6) is 0 Å². The number of aromatic nitrogens is 4. The van der Waals surface area contributed by atoms with E-state index in [4.69, 9.17) is 0 Å². The van der Waals surface area contributed by atoms with Crippen molar-refractivity contribution in [3.63, 3.8) is 0 Å². The summed E-state index contributed by atoms with van der Waals surface area (Å²) in [4.78, 5) is 6.74. The monoisotopic (exact) mass is 482 g/mol. The molecule has 0 amide bonds. The summed E-state index contributed by atoms with van der Waals surface area (Å²) in [5.74, 6) is 2.96. The first-order chi connectivity index (χ1) is 17.0. The van der Waals surface area contributed by atoms with E-state index in [-0.39, 0.29) is 6.04 Å². The van der Waals surface area contributed by atoms with Gasteiger partial charge in [-0.1, -0.05) is 39.2 Å². The number of nitrogens with one attached hydrogen (secondary N) is 1. The van der Waals surface area contributed by atoms with Crippen molar-refractivity contribution in [1.29, 1.82) is 0 Å². The number of hydrogen-bond donors (Lipinski definition) is 1. The summed E-state index contributed by atoms with van der Waals surface area (Å²) in [5.41, 5.74) is 1.12. The number of halogens is 1. The zero-order chi connectivity index (χ0) is 24.4. The molecule has 1 aliphatic carbocycles. The lowest BCUT2D eigenvalue weighted by Gasteiger charge is -2.40. The summed E-state index contributed by atoms with van der Waals surface area (Å²) in [6, 6.07) is 5.43. The SMILES string of the molecule is Cc1nnc(C(C)C)n1C1CC2CCC(C1)N2CC[C@H](NCC1CCCCC1)c1ccc(F)nc1. The van der Waals surface area contributed by atoms with Gasteiger partial charge in [-0.3, -0.25) is 4.90 Å². The molecule has 3 aliphatic rings. The molecule has 0 aromatic carbocycles. The Morgan fingerprint density at radius 3 is 2.40 bits per heavy atom. The molecule has 2 aromatic heterocycles. The molecule has 7 heteroatoms. The van der Waals surface area contributed by atoms with E-state index in [1.54, 1.807) is 6.20 Å². The molecule has 0 spiro atoms. The second kappa shape index (κ2) is 11.0. The minimum atomic E-state index is -0.398. The maximum absolute atomic E-state index is 13.5. The third-order valence-corrected chi connectivity index (χ3v) is 8.84. The van der Waals surface area contributed by atoms with Crippen LogP contribution < -0.4 is 5.32 Å². The lowest BCUT2D eigenvalue weighted by atomic mass is 9.89. The van der Waals surface area contributed by atoms with Crippen LogP contribution in [-0.4, -0.2) is 49.8 Å². The van der Waals surface area contributed by atoms with Gasteiger partial charge in [0.1, 0.15) is 11.6 Å². The molecule has 3 atom stereocenters. The van der Waals surface area contributed by atoms with Gasteiger partial charge in [0.25, 0.3) is 0 Å². The normalized spacial score (nSPS) is 26.5. The second-order valence-corrected chi connectivity index (χ2v) is 11.5. The smallest absolute Gasteiger partial charge is 0.212 e. The zero-order valence-corrected chi connectivity index (χ0v) is 21.8. The minimum absolute atomic E-state index is 0.231. The molecule has 5 rings (SSSR count). The quantitative estimate of drug-likeness (QED) is 0.464. The number of hydrogen-bond acceptors (Lipinski definition) is 5. The Morgan fingerprint density at radius 2 is 1.74 bits per heavy atom. The number of fused-ring (bicyclic) bond motifs is 2. The number of nitrogens with zero attached hydrogens (tertiary/aromatic N) is 5. The van der Waals surface area contributed by atoms with Crippen LogP contribution in [0.3, 0.4) is 0 Å². The maximum Gasteiger partial charge on any atom is 0.212 e. The van der Waals surface area contributed by atoms with E-state index in [9.17, 15) is 4.39 Å². The van der Waals surface area contributed by atoms with Crippen LogP contribution in [0.2, 0.25) is 0 Å². The van der Waals surface area contributed by atoms with Gasteiger partial charge in [0.15, 0.2) is 0 Å². The van der Waals surface area contributed by atoms with Gasteiger partial charge in [-0.15, -0.1) is 10.2 Å². The van der Waals surface area contributed by atoms with Crippen molar-refractivity contribution in [3.05, 3.63) is 41.5 Å². The number of piperidine rings is 1. The molecule has 6 nitrogen and oxygen atoms in total. The Morgan fingerprint density at radius 1 is 1.00 bits per heavy atom. The first kappa shape index (κ1) is 24.8. The summed E-state index contributed by atoms with van der Waals surface area (Å²) in [6.45, 7) is 8.68. The highest BCUT2D eigenvalue weighted by Crippen LogP contribution is 2.42. The third-order valence-electron chi connectivity index (χ3n) is 8.84. The number of aryl methyl sites for hydroxylation is 1. The molecule has 1 N–H and O–H groups in total. The van der Waals surface area contributed by atoms with Gasteiger partial charge in [-0.05, 0) is 76.0 Å². The lowest BCUT2D eigenvalue weighted by molar-refractivity contribution is 0.0993. The lowest BCUT2D eigenvalue weighted by Crippen LogP contribution is -2.45. The predicted molar refractivity (Wildman–Crippen MR) is 137 cm³/mol. The molecular weight excluding hydrogens is 439 g/mol. The van der Waals surface area contributed by atoms with Gasteiger partial charge in [0, 0.05) is 42.8 Å². The first-order valence-corrected chi connectivity index (χ1v) is 14.0. The van der Waals surface area contributed by atoms with Crippen molar-refractivity contribution in [3.8, 4) is 0 Å². The van der Waals surface area contributed by atoms with Crippen molar-refractivity contribution in [2.75, 3.05) is 13.1 Å². The Labute approximate surface area is 210 Å². The van der Waals surface area contributed by atoms with Crippen LogP contribution in [0.15, 0.2) is 18.3 Å². The van der Waals surface area contributed by atoms with Crippen LogP contribution >= 0.6 is 0 Å². The van der Waals surface area contributed by atoms with Crippen molar-refractivity contribution < 1.29 is 4.39 Å². The molecule has 0 radical (unpaired) electrons. The largest absolute Gasteiger partial charge is 0.312 e. The Balaban J connectivity index is 1.24. The summed E-state index contributed by atoms with van der Waals surface area (Å²) in [6.07, 6.45) is 14.5. The standard InChI is InChI=1S/C28H43FN6/c1-19(2)28-33-32-20(3)35(28)25-15-23-10-11-24(16-25)34(23)14-13-26(22-9-12-27(29)31-18-22)30-17-21-7-5-4-6-8-21/h9,12,18-19,21,23-26,30H,4-8,10-11,13-17H2,1-3H3/t23?,24?,25?,26-/m0/s1. The molecule has 2 bridgehead atoms. The highest BCUT2D eigenvalue weighted by Gasteiger charge is 2.42. The van der Waals surface area contributed by atoms with E-state index in [0.29, 0.717) is 24.0 Å². The second-order valence-electron chi connectivity index (χ2n) is 11.5. The number of pyridine rings is 1.